The lowest BCUT2D eigenvalue weighted by Gasteiger charge is -2.18. The molecule has 0 bridgehead atoms. The lowest BCUT2D eigenvalue weighted by Crippen LogP contribution is -2.26. The minimum atomic E-state index is -3.53. The number of phenols is 1. The van der Waals surface area contributed by atoms with Gasteiger partial charge in [-0.15, -0.1) is 0 Å². The minimum absolute atomic E-state index is 0.184. The molecule has 0 aliphatic rings. The number of hydrogen-bond acceptors (Lipinski definition) is 6. The van der Waals surface area contributed by atoms with Crippen molar-refractivity contribution in [1.29, 1.82) is 0 Å². The Morgan fingerprint density at radius 2 is 1.73 bits per heavy atom. The van der Waals surface area contributed by atoms with E-state index in [9.17, 15) is 13.5 Å². The van der Waals surface area contributed by atoms with E-state index in [2.05, 4.69) is 35.8 Å². The molecule has 2 aromatic carbocycles. The smallest absolute Gasteiger partial charge is 0.240 e. The van der Waals surface area contributed by atoms with E-state index in [1.807, 2.05) is 36.0 Å². The molecule has 4 rings (SSSR count). The van der Waals surface area contributed by atoms with Crippen LogP contribution in [0, 0.1) is 6.92 Å². The molecule has 0 saturated carbocycles. The van der Waals surface area contributed by atoms with Gasteiger partial charge in [-0.1, -0.05) is 29.8 Å². The molecule has 37 heavy (non-hydrogen) atoms. The molecule has 0 saturated heterocycles. The Morgan fingerprint density at radius 3 is 2.43 bits per heavy atom. The summed E-state index contributed by atoms with van der Waals surface area (Å²) in [6, 6.07) is 17.7. The highest BCUT2D eigenvalue weighted by Crippen LogP contribution is 2.34. The fourth-order valence-corrected chi connectivity index (χ4v) is 4.88. The topological polar surface area (TPSA) is 109 Å². The van der Waals surface area contributed by atoms with Crippen molar-refractivity contribution in [2.24, 2.45) is 0 Å². The predicted octanol–water partition coefficient (Wildman–Crippen LogP) is 5.16. The summed E-state index contributed by atoms with van der Waals surface area (Å²) in [4.78, 5) is 4.68. The number of sulfonamides is 1. The lowest BCUT2D eigenvalue weighted by molar-refractivity contribution is 0.356. The first-order chi connectivity index (χ1) is 17.5. The van der Waals surface area contributed by atoms with E-state index in [-0.39, 0.29) is 16.2 Å². The van der Waals surface area contributed by atoms with Gasteiger partial charge in [0.1, 0.15) is 17.3 Å². The molecule has 0 radical (unpaired) electrons. The van der Waals surface area contributed by atoms with Crippen LogP contribution in [-0.2, 0) is 15.6 Å². The van der Waals surface area contributed by atoms with Gasteiger partial charge in [-0.05, 0) is 76.1 Å². The van der Waals surface area contributed by atoms with Gasteiger partial charge in [-0.2, -0.15) is 5.10 Å². The zero-order valence-electron chi connectivity index (χ0n) is 21.6. The zero-order valence-corrected chi connectivity index (χ0v) is 22.4. The largest absolute Gasteiger partial charge is 0.508 e. The van der Waals surface area contributed by atoms with Crippen molar-refractivity contribution in [3.8, 4) is 28.1 Å². The maximum atomic E-state index is 12.5. The van der Waals surface area contributed by atoms with Crippen molar-refractivity contribution in [1.82, 2.24) is 19.5 Å². The third-order valence-corrected chi connectivity index (χ3v) is 7.35. The second-order valence-corrected chi connectivity index (χ2v) is 11.7. The van der Waals surface area contributed by atoms with Crippen LogP contribution in [0.5, 0.6) is 5.75 Å². The molecule has 0 atom stereocenters. The normalized spacial score (nSPS) is 12.0. The van der Waals surface area contributed by atoms with E-state index in [0.29, 0.717) is 25.3 Å². The van der Waals surface area contributed by atoms with Gasteiger partial charge in [0.2, 0.25) is 10.0 Å². The third-order valence-electron chi connectivity index (χ3n) is 5.88. The first-order valence-electron chi connectivity index (χ1n) is 12.2. The molecule has 0 aliphatic carbocycles. The molecule has 0 fully saturated rings. The Hall–Kier alpha value is -3.69. The molecular formula is C28H33N5O3S. The molecule has 194 valence electrons. The van der Waals surface area contributed by atoms with Crippen LogP contribution in [0.3, 0.4) is 0 Å². The molecule has 0 aliphatic heterocycles. The number of rotatable bonds is 9. The summed E-state index contributed by atoms with van der Waals surface area (Å²) in [5.74, 6) is 0.869. The number of pyridine rings is 1. The Balaban J connectivity index is 1.45. The van der Waals surface area contributed by atoms with Crippen LogP contribution in [0.1, 0.15) is 32.8 Å². The summed E-state index contributed by atoms with van der Waals surface area (Å²) < 4.78 is 29.5. The SMILES string of the molecule is Cc1ccc(S(=O)(=O)NCCCNc2cc(-c3cn(C(C)(C)C)nc3-c3cccc(O)c3)ccn2)cc1. The molecule has 0 amide bonds. The number of anilines is 1. The predicted molar refractivity (Wildman–Crippen MR) is 147 cm³/mol. The Bertz CT molecular complexity index is 1470. The lowest BCUT2D eigenvalue weighted by atomic mass is 10.0. The van der Waals surface area contributed by atoms with Crippen molar-refractivity contribution >= 4 is 15.8 Å². The van der Waals surface area contributed by atoms with Crippen molar-refractivity contribution in [3.05, 3.63) is 78.6 Å². The average molecular weight is 520 g/mol. The highest BCUT2D eigenvalue weighted by atomic mass is 32.2. The maximum Gasteiger partial charge on any atom is 0.240 e. The second kappa shape index (κ2) is 10.7. The minimum Gasteiger partial charge on any atom is -0.508 e. The van der Waals surface area contributed by atoms with Crippen LogP contribution in [-0.4, -0.2) is 41.4 Å². The Labute approximate surface area is 218 Å². The summed E-state index contributed by atoms with van der Waals surface area (Å²) >= 11 is 0. The monoisotopic (exact) mass is 519 g/mol. The second-order valence-electron chi connectivity index (χ2n) is 9.98. The molecule has 4 aromatic rings. The van der Waals surface area contributed by atoms with Crippen LogP contribution >= 0.6 is 0 Å². The van der Waals surface area contributed by atoms with Crippen molar-refractivity contribution in [2.45, 2.75) is 44.6 Å². The van der Waals surface area contributed by atoms with Crippen LogP contribution in [0.15, 0.2) is 78.0 Å². The van der Waals surface area contributed by atoms with Gasteiger partial charge in [0, 0.05) is 36.6 Å². The van der Waals surface area contributed by atoms with E-state index < -0.39 is 10.0 Å². The molecule has 3 N–H and O–H groups in total. The number of aromatic nitrogens is 3. The number of nitrogens with one attached hydrogen (secondary N) is 2. The van der Waals surface area contributed by atoms with Gasteiger partial charge in [-0.25, -0.2) is 18.1 Å². The summed E-state index contributed by atoms with van der Waals surface area (Å²) in [7, 11) is -3.53. The molecule has 2 aromatic heterocycles. The third kappa shape index (κ3) is 6.55. The van der Waals surface area contributed by atoms with Crippen molar-refractivity contribution in [2.75, 3.05) is 18.4 Å². The van der Waals surface area contributed by atoms with E-state index in [1.54, 1.807) is 48.7 Å². The van der Waals surface area contributed by atoms with Crippen LogP contribution < -0.4 is 10.0 Å². The first kappa shape index (κ1) is 26.4. The van der Waals surface area contributed by atoms with E-state index in [0.717, 1.165) is 27.9 Å². The highest BCUT2D eigenvalue weighted by molar-refractivity contribution is 7.89. The van der Waals surface area contributed by atoms with Gasteiger partial charge in [0.25, 0.3) is 0 Å². The van der Waals surface area contributed by atoms with Gasteiger partial charge in [0.15, 0.2) is 0 Å². The molecule has 0 spiro atoms. The molecule has 0 unspecified atom stereocenters. The fraction of sp³-hybridized carbons (Fsp3) is 0.286. The van der Waals surface area contributed by atoms with Crippen LogP contribution in [0.25, 0.3) is 22.4 Å². The standard InChI is InChI=1S/C28H33N5O3S/c1-20-9-11-24(12-10-20)37(35,36)31-15-6-14-29-26-18-21(13-16-30-26)25-19-33(28(2,3)4)32-27(25)22-7-5-8-23(34)17-22/h5,7-13,16-19,31,34H,6,14-15H2,1-4H3,(H,29,30). The van der Waals surface area contributed by atoms with Crippen LogP contribution in [0.4, 0.5) is 5.82 Å². The molecular weight excluding hydrogens is 486 g/mol. The zero-order chi connectivity index (χ0) is 26.6. The number of aryl methyl sites for hydroxylation is 1. The summed E-state index contributed by atoms with van der Waals surface area (Å²) in [5.41, 5.74) is 4.25. The maximum absolute atomic E-state index is 12.5. The van der Waals surface area contributed by atoms with Gasteiger partial charge in [0.05, 0.1) is 10.4 Å². The number of aromatic hydroxyl groups is 1. The fourth-order valence-electron chi connectivity index (χ4n) is 3.80. The van der Waals surface area contributed by atoms with Gasteiger partial charge < -0.3 is 10.4 Å². The van der Waals surface area contributed by atoms with E-state index >= 15 is 0 Å². The number of phenolic OH excluding ortho intramolecular Hbond substituents is 1. The van der Waals surface area contributed by atoms with E-state index in [1.165, 1.54) is 0 Å². The molecule has 2 heterocycles. The Kier molecular flexibility index (Phi) is 7.65. The Morgan fingerprint density at radius 1 is 0.973 bits per heavy atom. The number of benzene rings is 2. The van der Waals surface area contributed by atoms with Gasteiger partial charge >= 0.3 is 0 Å². The summed E-state index contributed by atoms with van der Waals surface area (Å²) in [5, 5.41) is 18.1. The van der Waals surface area contributed by atoms with Crippen LogP contribution in [0.2, 0.25) is 0 Å². The molecule has 9 heteroatoms. The van der Waals surface area contributed by atoms with Crippen molar-refractivity contribution < 1.29 is 13.5 Å². The molecule has 8 nitrogen and oxygen atoms in total. The number of hydrogen-bond donors (Lipinski definition) is 3. The summed E-state index contributed by atoms with van der Waals surface area (Å²) in [6.45, 7) is 9.03. The van der Waals surface area contributed by atoms with E-state index in [4.69, 9.17) is 5.10 Å². The first-order valence-corrected chi connectivity index (χ1v) is 13.7. The van der Waals surface area contributed by atoms with Gasteiger partial charge in [-0.3, -0.25) is 4.68 Å². The summed E-state index contributed by atoms with van der Waals surface area (Å²) in [6.07, 6.45) is 4.34. The quantitative estimate of drug-likeness (QED) is 0.264. The van der Waals surface area contributed by atoms with Crippen molar-refractivity contribution in [3.63, 3.8) is 0 Å². The highest BCUT2D eigenvalue weighted by Gasteiger charge is 2.20. The number of nitrogens with zero attached hydrogens (tertiary/aromatic N) is 3. The average Bonchev–Trinajstić information content (AvgIpc) is 3.31.